The van der Waals surface area contributed by atoms with Gasteiger partial charge in [0, 0.05) is 6.42 Å². The van der Waals surface area contributed by atoms with Crippen LogP contribution in [0.1, 0.15) is 463 Å². The highest BCUT2D eigenvalue weighted by atomic mass is 31.2. The van der Waals surface area contributed by atoms with E-state index in [-0.39, 0.29) is 19.1 Å². The predicted molar refractivity (Wildman–Crippen MR) is 415 cm³/mol. The van der Waals surface area contributed by atoms with Gasteiger partial charge in [0.25, 0.3) is 0 Å². The molecule has 1 amide bonds. The Bertz CT molecular complexity index is 1580. The van der Waals surface area contributed by atoms with E-state index in [4.69, 9.17) is 9.05 Å². The number of phosphoric ester groups is 1. The van der Waals surface area contributed by atoms with Crippen molar-refractivity contribution in [2.24, 2.45) is 0 Å². The summed E-state index contributed by atoms with van der Waals surface area (Å²) in [5.74, 6) is -0.176. The third kappa shape index (κ3) is 78.3. The molecule has 3 atom stereocenters. The van der Waals surface area contributed by atoms with Crippen molar-refractivity contribution < 1.29 is 32.9 Å². The summed E-state index contributed by atoms with van der Waals surface area (Å²) >= 11 is 0. The second kappa shape index (κ2) is 76.2. The summed E-state index contributed by atoms with van der Waals surface area (Å²) in [5.41, 5.74) is 0. The number of aliphatic hydroxyl groups excluding tert-OH is 1. The third-order valence-corrected chi connectivity index (χ3v) is 21.2. The first kappa shape index (κ1) is 93.0. The molecule has 0 rings (SSSR count). The minimum absolute atomic E-state index is 0.0593. The monoisotopic (exact) mass is 1350 g/mol. The lowest BCUT2D eigenvalue weighted by molar-refractivity contribution is -0.870. The second-order valence-electron chi connectivity index (χ2n) is 30.9. The Labute approximate surface area is 589 Å². The van der Waals surface area contributed by atoms with Gasteiger partial charge in [-0.25, -0.2) is 4.57 Å². The van der Waals surface area contributed by atoms with Crippen molar-refractivity contribution in [3.8, 4) is 0 Å². The number of hydrogen-bond acceptors (Lipinski definition) is 5. The maximum atomic E-state index is 13.1. The molecule has 0 fully saturated rings. The van der Waals surface area contributed by atoms with Crippen LogP contribution >= 0.6 is 7.82 Å². The zero-order valence-electron chi connectivity index (χ0n) is 64.5. The first-order valence-corrected chi connectivity index (χ1v) is 44.2. The fraction of sp³-hybridized carbons (Fsp3) is 0.941. The highest BCUT2D eigenvalue weighted by Gasteiger charge is 2.28. The van der Waals surface area contributed by atoms with Crippen LogP contribution < -0.4 is 5.32 Å². The van der Waals surface area contributed by atoms with Gasteiger partial charge >= 0.3 is 7.82 Å². The number of phosphoric acid groups is 1. The molecule has 0 saturated carbocycles. The van der Waals surface area contributed by atoms with Crippen LogP contribution in [0.15, 0.2) is 24.3 Å². The largest absolute Gasteiger partial charge is 0.472 e. The fourth-order valence-electron chi connectivity index (χ4n) is 13.6. The summed E-state index contributed by atoms with van der Waals surface area (Å²) in [4.78, 5) is 23.5. The first-order valence-electron chi connectivity index (χ1n) is 42.7. The van der Waals surface area contributed by atoms with Crippen LogP contribution in [0.2, 0.25) is 0 Å². The van der Waals surface area contributed by atoms with Gasteiger partial charge in [-0.2, -0.15) is 0 Å². The molecule has 3 unspecified atom stereocenters. The van der Waals surface area contributed by atoms with Gasteiger partial charge in [0.15, 0.2) is 0 Å². The number of allylic oxidation sites excluding steroid dienone is 3. The molecule has 8 nitrogen and oxygen atoms in total. The molecule has 0 aromatic carbocycles. The third-order valence-electron chi connectivity index (χ3n) is 20.2. The fourth-order valence-corrected chi connectivity index (χ4v) is 14.3. The molecule has 0 aliphatic rings. The van der Waals surface area contributed by atoms with E-state index in [1.54, 1.807) is 6.08 Å². The summed E-state index contributed by atoms with van der Waals surface area (Å²) in [6.07, 6.45) is 103. The summed E-state index contributed by atoms with van der Waals surface area (Å²) in [6, 6.07) is -0.863. The van der Waals surface area contributed by atoms with Crippen LogP contribution in [0.5, 0.6) is 0 Å². The van der Waals surface area contributed by atoms with Gasteiger partial charge < -0.3 is 19.8 Å². The minimum atomic E-state index is -4.36. The van der Waals surface area contributed by atoms with Crippen molar-refractivity contribution in [3.05, 3.63) is 24.3 Å². The topological polar surface area (TPSA) is 105 Å². The number of amides is 1. The number of carbonyl (C=O) groups excluding carboxylic acids is 1. The highest BCUT2D eigenvalue weighted by Crippen LogP contribution is 2.43. The molecular formula is C85H170N2O6P+. The van der Waals surface area contributed by atoms with Gasteiger partial charge in [0.05, 0.1) is 39.9 Å². The number of unbranched alkanes of at least 4 members (excludes halogenated alkanes) is 66. The Kier molecular flexibility index (Phi) is 75.3. The highest BCUT2D eigenvalue weighted by molar-refractivity contribution is 7.47. The molecule has 0 spiro atoms. The van der Waals surface area contributed by atoms with Crippen molar-refractivity contribution in [2.45, 2.75) is 475 Å². The van der Waals surface area contributed by atoms with Crippen LogP contribution in [-0.4, -0.2) is 73.4 Å². The van der Waals surface area contributed by atoms with Crippen molar-refractivity contribution in [2.75, 3.05) is 40.9 Å². The standard InChI is InChI=1S/C85H169N2O6P/c1-6-8-10-12-14-16-18-20-22-24-26-28-30-32-34-36-38-39-40-41-42-43-44-45-46-47-49-51-53-55-57-59-61-63-65-67-69-71-73-75-77-79-85(89)86-83(82-93-94(90,91)92-81-80-87(3,4)5)84(88)78-76-74-72-70-68-66-64-62-60-58-56-54-52-50-48-37-35-33-31-29-27-25-23-21-19-17-15-13-11-9-7-2/h68,70,76,78,83-84,88H,6-67,69,71-75,77,79-82H2,1-5H3,(H-,86,89,90,91)/p+1/b70-68+,78-76+. The molecule has 0 saturated heterocycles. The first-order chi connectivity index (χ1) is 46.0. The molecule has 9 heteroatoms. The Morgan fingerprint density at radius 1 is 0.351 bits per heavy atom. The number of carbonyl (C=O) groups is 1. The van der Waals surface area contributed by atoms with E-state index < -0.39 is 20.0 Å². The average molecular weight is 1350 g/mol. The predicted octanol–water partition coefficient (Wildman–Crippen LogP) is 28.1. The molecule has 0 aromatic heterocycles. The van der Waals surface area contributed by atoms with E-state index in [1.807, 2.05) is 27.2 Å². The summed E-state index contributed by atoms with van der Waals surface area (Å²) in [7, 11) is 1.58. The number of quaternary nitrogens is 1. The van der Waals surface area contributed by atoms with Gasteiger partial charge in [-0.3, -0.25) is 13.8 Å². The van der Waals surface area contributed by atoms with Crippen LogP contribution in [0.25, 0.3) is 0 Å². The molecule has 0 aromatic rings. The quantitative estimate of drug-likeness (QED) is 0.0243. The van der Waals surface area contributed by atoms with E-state index >= 15 is 0 Å². The Balaban J connectivity index is 3.90. The van der Waals surface area contributed by atoms with E-state index in [2.05, 4.69) is 31.3 Å². The molecule has 0 aliphatic heterocycles. The molecular weight excluding hydrogens is 1180 g/mol. The van der Waals surface area contributed by atoms with Gasteiger partial charge in [-0.1, -0.05) is 449 Å². The number of rotatable bonds is 81. The van der Waals surface area contributed by atoms with Crippen molar-refractivity contribution >= 4 is 13.7 Å². The molecule has 560 valence electrons. The molecule has 0 bridgehead atoms. The van der Waals surface area contributed by atoms with Gasteiger partial charge in [0.1, 0.15) is 13.2 Å². The average Bonchev–Trinajstić information content (AvgIpc) is 1.27. The maximum absolute atomic E-state index is 13.1. The molecule has 0 radical (unpaired) electrons. The van der Waals surface area contributed by atoms with Crippen LogP contribution in [-0.2, 0) is 18.4 Å². The van der Waals surface area contributed by atoms with Crippen LogP contribution in [0.4, 0.5) is 0 Å². The van der Waals surface area contributed by atoms with Crippen molar-refractivity contribution in [3.63, 3.8) is 0 Å². The smallest absolute Gasteiger partial charge is 0.387 e. The Morgan fingerprint density at radius 2 is 0.585 bits per heavy atom. The number of nitrogens with zero attached hydrogens (tertiary/aromatic N) is 1. The lowest BCUT2D eigenvalue weighted by Gasteiger charge is -2.25. The lowest BCUT2D eigenvalue weighted by Crippen LogP contribution is -2.45. The Hall–Kier alpha value is -1.02. The van der Waals surface area contributed by atoms with Gasteiger partial charge in [-0.15, -0.1) is 0 Å². The maximum Gasteiger partial charge on any atom is 0.472 e. The SMILES string of the molecule is CCCCCCCCCCCCCCCCCCCCCCCCCCC/C=C/CC/C=C/C(O)C(COP(=O)(O)OCC[N+](C)(C)C)NC(=O)CCCCCCCCCCCCCCCCCCCCCCCCCCCCCCCCCCCCCCCCCCC. The van der Waals surface area contributed by atoms with Crippen molar-refractivity contribution in [1.82, 2.24) is 5.32 Å². The van der Waals surface area contributed by atoms with E-state index in [0.717, 1.165) is 38.5 Å². The van der Waals surface area contributed by atoms with E-state index in [1.165, 1.54) is 405 Å². The summed E-state index contributed by atoms with van der Waals surface area (Å²) in [6.45, 7) is 4.88. The number of aliphatic hydroxyl groups is 1. The zero-order valence-corrected chi connectivity index (χ0v) is 65.4. The van der Waals surface area contributed by atoms with Crippen LogP contribution in [0.3, 0.4) is 0 Å². The van der Waals surface area contributed by atoms with E-state index in [0.29, 0.717) is 17.4 Å². The van der Waals surface area contributed by atoms with Gasteiger partial charge in [-0.05, 0) is 32.1 Å². The number of likely N-dealkylation sites (N-methyl/N-ethyl adjacent to an activating group) is 1. The molecule has 94 heavy (non-hydrogen) atoms. The second-order valence-corrected chi connectivity index (χ2v) is 32.4. The summed E-state index contributed by atoms with van der Waals surface area (Å²) < 4.78 is 23.9. The van der Waals surface area contributed by atoms with E-state index in [9.17, 15) is 19.4 Å². The van der Waals surface area contributed by atoms with Crippen LogP contribution in [0, 0.1) is 0 Å². The summed E-state index contributed by atoms with van der Waals surface area (Å²) in [5, 5.41) is 14.0. The zero-order chi connectivity index (χ0) is 68.3. The number of hydrogen-bond donors (Lipinski definition) is 3. The number of nitrogens with one attached hydrogen (secondary N) is 1. The van der Waals surface area contributed by atoms with Gasteiger partial charge in [0.2, 0.25) is 5.91 Å². The van der Waals surface area contributed by atoms with Crippen molar-refractivity contribution in [1.29, 1.82) is 0 Å². The molecule has 3 N–H and O–H groups in total. The minimum Gasteiger partial charge on any atom is -0.387 e. The normalized spacial score (nSPS) is 13.5. The molecule has 0 aliphatic carbocycles. The molecule has 0 heterocycles. The lowest BCUT2D eigenvalue weighted by atomic mass is 10.0. The Morgan fingerprint density at radius 3 is 0.851 bits per heavy atom.